The molecule has 0 atom stereocenters. The smallest absolute Gasteiger partial charge is 0.261 e. The van der Waals surface area contributed by atoms with Crippen LogP contribution in [0, 0.1) is 11.7 Å². The third-order valence-electron chi connectivity index (χ3n) is 5.96. The zero-order valence-corrected chi connectivity index (χ0v) is 17.5. The van der Waals surface area contributed by atoms with Crippen LogP contribution in [-0.2, 0) is 13.0 Å². The predicted octanol–water partition coefficient (Wildman–Crippen LogP) is 3.78. The average molecular weight is 434 g/mol. The Bertz CT molecular complexity index is 1230. The molecule has 0 N–H and O–H groups in total. The summed E-state index contributed by atoms with van der Waals surface area (Å²) in [5.74, 6) is -0.376. The maximum absolute atomic E-state index is 13.1. The molecule has 8 nitrogen and oxygen atoms in total. The largest absolute Gasteiger partial charge is 0.303 e. The van der Waals surface area contributed by atoms with Crippen LogP contribution in [-0.4, -0.2) is 39.7 Å². The maximum Gasteiger partial charge on any atom is 0.261 e. The van der Waals surface area contributed by atoms with Crippen molar-refractivity contribution in [3.63, 3.8) is 0 Å². The van der Waals surface area contributed by atoms with Gasteiger partial charge in [-0.25, -0.2) is 9.37 Å². The van der Waals surface area contributed by atoms with Gasteiger partial charge in [-0.05, 0) is 74.3 Å². The molecule has 1 saturated heterocycles. The van der Waals surface area contributed by atoms with Crippen LogP contribution in [0.4, 0.5) is 4.39 Å². The van der Waals surface area contributed by atoms with Crippen molar-refractivity contribution in [1.29, 1.82) is 0 Å². The van der Waals surface area contributed by atoms with Gasteiger partial charge in [0.05, 0.1) is 12.2 Å². The van der Waals surface area contributed by atoms with Gasteiger partial charge in [0, 0.05) is 34.7 Å². The second-order valence-electron chi connectivity index (χ2n) is 7.90. The van der Waals surface area contributed by atoms with Crippen LogP contribution in [0.1, 0.15) is 34.5 Å². The van der Waals surface area contributed by atoms with E-state index in [1.54, 1.807) is 24.4 Å². The Kier molecular flexibility index (Phi) is 6.58. The second-order valence-corrected chi connectivity index (χ2v) is 7.90. The summed E-state index contributed by atoms with van der Waals surface area (Å²) in [6.45, 7) is 2.16. The molecule has 0 amide bonds. The van der Waals surface area contributed by atoms with Crippen LogP contribution in [0.5, 0.6) is 0 Å². The Balaban J connectivity index is 1.42. The van der Waals surface area contributed by atoms with E-state index in [0.29, 0.717) is 35.4 Å². The normalized spacial score (nSPS) is 14.9. The number of piperidine rings is 1. The van der Waals surface area contributed by atoms with Crippen molar-refractivity contribution >= 4 is 11.4 Å². The van der Waals surface area contributed by atoms with Gasteiger partial charge in [-0.2, -0.15) is 0 Å². The molecule has 3 heterocycles. The number of hydrogen-bond acceptors (Lipinski definition) is 5. The van der Waals surface area contributed by atoms with Crippen molar-refractivity contribution in [1.82, 2.24) is 14.3 Å². The fourth-order valence-electron chi connectivity index (χ4n) is 4.19. The molecule has 1 aliphatic rings. The number of ketones is 1. The Labute approximate surface area is 183 Å². The van der Waals surface area contributed by atoms with Gasteiger partial charge in [0.25, 0.3) is 5.56 Å². The molecule has 3 aromatic rings. The molecule has 1 aliphatic heterocycles. The molecule has 0 spiro atoms. The number of azide groups is 1. The first-order valence-corrected chi connectivity index (χ1v) is 10.6. The molecule has 164 valence electrons. The van der Waals surface area contributed by atoms with Crippen LogP contribution in [0.15, 0.2) is 58.6 Å². The quantitative estimate of drug-likeness (QED) is 0.244. The second kappa shape index (κ2) is 9.72. The lowest BCUT2D eigenvalue weighted by atomic mass is 9.89. The number of Topliss-reactive ketones (excluding diaryl/α,β-unsaturated/α-hetero) is 1. The van der Waals surface area contributed by atoms with Gasteiger partial charge >= 0.3 is 0 Å². The molecule has 4 rings (SSSR count). The van der Waals surface area contributed by atoms with Crippen molar-refractivity contribution in [3.05, 3.63) is 92.1 Å². The number of halogens is 1. The molecule has 0 radical (unpaired) electrons. The highest BCUT2D eigenvalue weighted by Gasteiger charge is 2.26. The zero-order chi connectivity index (χ0) is 22.5. The SMILES string of the molecule is [N-]=[N+]=NCc1nc2ccccn2c(=O)c1CCN1CCC(C(=O)c2ccc(F)cc2)CC1. The van der Waals surface area contributed by atoms with E-state index in [9.17, 15) is 14.0 Å². The molecule has 1 fully saturated rings. The number of fused-ring (bicyclic) bond motifs is 1. The standard InChI is InChI=1S/C23H23FN6O2/c24-18-6-4-16(5-7-18)22(31)17-8-12-29(13-9-17)14-10-19-20(15-26-28-25)27-21-3-1-2-11-30(21)23(19)32/h1-7,11,17H,8-10,12-15H2. The summed E-state index contributed by atoms with van der Waals surface area (Å²) in [5.41, 5.74) is 10.7. The first-order valence-electron chi connectivity index (χ1n) is 10.6. The number of aromatic nitrogens is 2. The zero-order valence-electron chi connectivity index (χ0n) is 17.5. The van der Waals surface area contributed by atoms with E-state index in [2.05, 4.69) is 19.9 Å². The Morgan fingerprint density at radius 3 is 2.66 bits per heavy atom. The number of benzene rings is 1. The van der Waals surface area contributed by atoms with Crippen LogP contribution in [0.2, 0.25) is 0 Å². The predicted molar refractivity (Wildman–Crippen MR) is 118 cm³/mol. The fraction of sp³-hybridized carbons (Fsp3) is 0.348. The Morgan fingerprint density at radius 1 is 1.19 bits per heavy atom. The lowest BCUT2D eigenvalue weighted by Gasteiger charge is -2.31. The molecule has 0 bridgehead atoms. The number of carbonyl (C=O) groups is 1. The highest BCUT2D eigenvalue weighted by atomic mass is 19.1. The number of likely N-dealkylation sites (tertiary alicyclic amines) is 1. The minimum absolute atomic E-state index is 0.0285. The first kappa shape index (κ1) is 21.7. The summed E-state index contributed by atoms with van der Waals surface area (Å²) in [7, 11) is 0. The van der Waals surface area contributed by atoms with Crippen molar-refractivity contribution in [3.8, 4) is 0 Å². The molecule has 9 heteroatoms. The third-order valence-corrected chi connectivity index (χ3v) is 5.96. The van der Waals surface area contributed by atoms with Gasteiger partial charge in [-0.15, -0.1) is 0 Å². The topological polar surface area (TPSA) is 103 Å². The van der Waals surface area contributed by atoms with Crippen LogP contribution >= 0.6 is 0 Å². The van der Waals surface area contributed by atoms with Crippen LogP contribution in [0.3, 0.4) is 0 Å². The molecule has 1 aromatic carbocycles. The van der Waals surface area contributed by atoms with Gasteiger partial charge in [-0.3, -0.25) is 14.0 Å². The highest BCUT2D eigenvalue weighted by molar-refractivity contribution is 5.97. The lowest BCUT2D eigenvalue weighted by Crippen LogP contribution is -2.38. The van der Waals surface area contributed by atoms with E-state index >= 15 is 0 Å². The van der Waals surface area contributed by atoms with Crippen molar-refractivity contribution in [2.24, 2.45) is 11.0 Å². The van der Waals surface area contributed by atoms with Crippen LogP contribution in [0.25, 0.3) is 16.1 Å². The lowest BCUT2D eigenvalue weighted by molar-refractivity contribution is 0.0841. The molecule has 2 aromatic heterocycles. The summed E-state index contributed by atoms with van der Waals surface area (Å²) in [6.07, 6.45) is 3.60. The summed E-state index contributed by atoms with van der Waals surface area (Å²) < 4.78 is 14.6. The van der Waals surface area contributed by atoms with E-state index in [-0.39, 0.29) is 29.6 Å². The molecular weight excluding hydrogens is 411 g/mol. The van der Waals surface area contributed by atoms with E-state index in [1.165, 1.54) is 28.7 Å². The van der Waals surface area contributed by atoms with E-state index in [4.69, 9.17) is 5.53 Å². The molecule has 0 saturated carbocycles. The molecular formula is C23H23FN6O2. The van der Waals surface area contributed by atoms with Crippen LogP contribution < -0.4 is 5.56 Å². The summed E-state index contributed by atoms with van der Waals surface area (Å²) >= 11 is 0. The van der Waals surface area contributed by atoms with Gasteiger partial charge in [0.2, 0.25) is 0 Å². The highest BCUT2D eigenvalue weighted by Crippen LogP contribution is 2.22. The van der Waals surface area contributed by atoms with Crippen molar-refractivity contribution in [2.45, 2.75) is 25.8 Å². The molecule has 32 heavy (non-hydrogen) atoms. The fourth-order valence-corrected chi connectivity index (χ4v) is 4.19. The number of rotatable bonds is 7. The van der Waals surface area contributed by atoms with Crippen molar-refractivity contribution in [2.75, 3.05) is 19.6 Å². The Morgan fingerprint density at radius 2 is 1.94 bits per heavy atom. The average Bonchev–Trinajstić information content (AvgIpc) is 2.83. The monoisotopic (exact) mass is 434 g/mol. The summed E-state index contributed by atoms with van der Waals surface area (Å²) in [6, 6.07) is 11.0. The minimum Gasteiger partial charge on any atom is -0.303 e. The van der Waals surface area contributed by atoms with E-state index in [0.717, 1.165) is 25.9 Å². The van der Waals surface area contributed by atoms with Gasteiger partial charge < -0.3 is 4.90 Å². The first-order chi connectivity index (χ1) is 15.6. The van der Waals surface area contributed by atoms with Crippen molar-refractivity contribution < 1.29 is 9.18 Å². The molecule has 0 unspecified atom stereocenters. The minimum atomic E-state index is -0.352. The number of nitrogens with zero attached hydrogens (tertiary/aromatic N) is 6. The van der Waals surface area contributed by atoms with E-state index < -0.39 is 0 Å². The Hall–Kier alpha value is -3.55. The van der Waals surface area contributed by atoms with E-state index in [1.807, 2.05) is 0 Å². The van der Waals surface area contributed by atoms with Gasteiger partial charge in [-0.1, -0.05) is 11.2 Å². The number of pyridine rings is 1. The van der Waals surface area contributed by atoms with Gasteiger partial charge in [0.15, 0.2) is 5.78 Å². The van der Waals surface area contributed by atoms with Gasteiger partial charge in [0.1, 0.15) is 11.5 Å². The number of carbonyl (C=O) groups excluding carboxylic acids is 1. The third kappa shape index (κ3) is 4.69. The summed E-state index contributed by atoms with van der Waals surface area (Å²) in [4.78, 5) is 35.2. The number of hydrogen-bond donors (Lipinski definition) is 0. The molecule has 0 aliphatic carbocycles. The summed E-state index contributed by atoms with van der Waals surface area (Å²) in [5, 5.41) is 3.60. The maximum atomic E-state index is 13.1.